The third-order valence-corrected chi connectivity index (χ3v) is 4.33. The van der Waals surface area contributed by atoms with Gasteiger partial charge in [-0.2, -0.15) is 0 Å². The van der Waals surface area contributed by atoms with Crippen molar-refractivity contribution in [3.05, 3.63) is 29.3 Å². The zero-order valence-electron chi connectivity index (χ0n) is 15.7. The van der Waals surface area contributed by atoms with Crippen LogP contribution in [0.1, 0.15) is 31.4 Å². The fraction of sp³-hybridized carbons (Fsp3) is 0.526. The van der Waals surface area contributed by atoms with Crippen molar-refractivity contribution >= 4 is 17.8 Å². The molecule has 1 N–H and O–H groups in total. The number of benzene rings is 1. The van der Waals surface area contributed by atoms with Gasteiger partial charge in [0.25, 0.3) is 5.91 Å². The normalized spacial score (nSPS) is 18.1. The number of carbonyl (C=O) groups is 3. The zero-order chi connectivity index (χ0) is 19.3. The number of ether oxygens (including phenoxy) is 2. The number of hydrogen-bond acceptors (Lipinski definition) is 5. The molecular formula is C19H26N2O5. The standard InChI is InChI=1S/C19H26N2O5/c1-5-25-16(22)11-15-18(23)20-9-10-21(15)19(24)14(4)26-17-12(2)7-6-8-13(17)3/h6-8,14-15H,5,9-11H2,1-4H3,(H,20,23)/t14-,15-/m0/s1. The first-order valence-electron chi connectivity index (χ1n) is 8.81. The number of rotatable bonds is 6. The fourth-order valence-electron chi connectivity index (χ4n) is 3.00. The van der Waals surface area contributed by atoms with Crippen molar-refractivity contribution in [1.29, 1.82) is 0 Å². The summed E-state index contributed by atoms with van der Waals surface area (Å²) in [6, 6.07) is 4.88. The lowest BCUT2D eigenvalue weighted by Gasteiger charge is -2.36. The molecule has 2 rings (SSSR count). The Morgan fingerprint density at radius 2 is 1.96 bits per heavy atom. The minimum absolute atomic E-state index is 0.165. The summed E-state index contributed by atoms with van der Waals surface area (Å²) in [4.78, 5) is 38.3. The Morgan fingerprint density at radius 1 is 1.31 bits per heavy atom. The predicted octanol–water partition coefficient (Wildman–Crippen LogP) is 1.35. The number of nitrogens with one attached hydrogen (secondary N) is 1. The molecule has 1 fully saturated rings. The second kappa shape index (κ2) is 8.69. The summed E-state index contributed by atoms with van der Waals surface area (Å²) in [5.41, 5.74) is 1.87. The molecule has 7 nitrogen and oxygen atoms in total. The highest BCUT2D eigenvalue weighted by Gasteiger charge is 2.37. The maximum absolute atomic E-state index is 12.9. The minimum Gasteiger partial charge on any atom is -0.480 e. The maximum Gasteiger partial charge on any atom is 0.308 e. The Balaban J connectivity index is 2.13. The van der Waals surface area contributed by atoms with E-state index in [4.69, 9.17) is 9.47 Å². The molecular weight excluding hydrogens is 336 g/mol. The van der Waals surface area contributed by atoms with Crippen LogP contribution < -0.4 is 10.1 Å². The van der Waals surface area contributed by atoms with Gasteiger partial charge >= 0.3 is 5.97 Å². The second-order valence-corrected chi connectivity index (χ2v) is 6.33. The number of para-hydroxylation sites is 1. The topological polar surface area (TPSA) is 84.9 Å². The number of hydrogen-bond donors (Lipinski definition) is 1. The van der Waals surface area contributed by atoms with Gasteiger partial charge in [-0.05, 0) is 38.8 Å². The molecule has 0 saturated carbocycles. The molecule has 142 valence electrons. The smallest absolute Gasteiger partial charge is 0.308 e. The summed E-state index contributed by atoms with van der Waals surface area (Å²) >= 11 is 0. The van der Waals surface area contributed by atoms with Gasteiger partial charge in [0.1, 0.15) is 11.8 Å². The van der Waals surface area contributed by atoms with Crippen molar-refractivity contribution in [3.8, 4) is 5.75 Å². The lowest BCUT2D eigenvalue weighted by Crippen LogP contribution is -2.60. The minimum atomic E-state index is -0.876. The molecule has 2 amide bonds. The van der Waals surface area contributed by atoms with Gasteiger partial charge in [0.15, 0.2) is 6.10 Å². The van der Waals surface area contributed by atoms with Crippen molar-refractivity contribution in [2.24, 2.45) is 0 Å². The Hall–Kier alpha value is -2.57. The van der Waals surface area contributed by atoms with E-state index in [1.165, 1.54) is 4.90 Å². The second-order valence-electron chi connectivity index (χ2n) is 6.33. The molecule has 1 heterocycles. The van der Waals surface area contributed by atoms with Crippen molar-refractivity contribution in [1.82, 2.24) is 10.2 Å². The monoisotopic (exact) mass is 362 g/mol. The molecule has 1 aliphatic rings. The van der Waals surface area contributed by atoms with Crippen LogP contribution in [0.3, 0.4) is 0 Å². The molecule has 1 aromatic rings. The summed E-state index contributed by atoms with van der Waals surface area (Å²) in [5, 5.41) is 2.69. The summed E-state index contributed by atoms with van der Waals surface area (Å²) in [6.07, 6.45) is -0.938. The van der Waals surface area contributed by atoms with Crippen LogP contribution >= 0.6 is 0 Å². The Kier molecular flexibility index (Phi) is 6.60. The molecule has 1 aromatic carbocycles. The number of amides is 2. The highest BCUT2D eigenvalue weighted by molar-refractivity contribution is 5.93. The molecule has 0 radical (unpaired) electrons. The van der Waals surface area contributed by atoms with Crippen molar-refractivity contribution in [2.45, 2.75) is 46.3 Å². The van der Waals surface area contributed by atoms with Gasteiger partial charge in [-0.1, -0.05) is 18.2 Å². The van der Waals surface area contributed by atoms with Crippen LogP contribution in [0.15, 0.2) is 18.2 Å². The van der Waals surface area contributed by atoms with Crippen LogP contribution in [-0.4, -0.2) is 54.5 Å². The third-order valence-electron chi connectivity index (χ3n) is 4.33. The van der Waals surface area contributed by atoms with E-state index in [1.54, 1.807) is 13.8 Å². The van der Waals surface area contributed by atoms with E-state index >= 15 is 0 Å². The van der Waals surface area contributed by atoms with Crippen LogP contribution in [-0.2, 0) is 19.1 Å². The van der Waals surface area contributed by atoms with E-state index in [0.717, 1.165) is 11.1 Å². The summed E-state index contributed by atoms with van der Waals surface area (Å²) in [6.45, 7) is 8.08. The van der Waals surface area contributed by atoms with E-state index < -0.39 is 18.1 Å². The molecule has 7 heteroatoms. The molecule has 1 aliphatic heterocycles. The van der Waals surface area contributed by atoms with E-state index in [0.29, 0.717) is 18.8 Å². The van der Waals surface area contributed by atoms with Crippen LogP contribution in [0.2, 0.25) is 0 Å². The third kappa shape index (κ3) is 4.53. The molecule has 0 aliphatic carbocycles. The lowest BCUT2D eigenvalue weighted by molar-refractivity contribution is -0.154. The first-order chi connectivity index (χ1) is 12.3. The van der Waals surface area contributed by atoms with Crippen LogP contribution in [0.25, 0.3) is 0 Å². The van der Waals surface area contributed by atoms with Crippen LogP contribution in [0.4, 0.5) is 0 Å². The molecule has 0 spiro atoms. The predicted molar refractivity (Wildman–Crippen MR) is 95.8 cm³/mol. The van der Waals surface area contributed by atoms with E-state index in [-0.39, 0.29) is 24.8 Å². The van der Waals surface area contributed by atoms with E-state index in [9.17, 15) is 14.4 Å². The summed E-state index contributed by atoms with van der Waals surface area (Å²) < 4.78 is 10.8. The first kappa shape index (κ1) is 19.8. The van der Waals surface area contributed by atoms with Crippen LogP contribution in [0, 0.1) is 13.8 Å². The fourth-order valence-corrected chi connectivity index (χ4v) is 3.00. The zero-order valence-corrected chi connectivity index (χ0v) is 15.7. The molecule has 2 atom stereocenters. The SMILES string of the molecule is CCOC(=O)C[C@H]1C(=O)NCCN1C(=O)[C@H](C)Oc1c(C)cccc1C. The number of nitrogens with zero attached hydrogens (tertiary/aromatic N) is 1. The van der Waals surface area contributed by atoms with Crippen molar-refractivity contribution in [2.75, 3.05) is 19.7 Å². The molecule has 0 bridgehead atoms. The van der Waals surface area contributed by atoms with Gasteiger partial charge in [0, 0.05) is 13.1 Å². The van der Waals surface area contributed by atoms with Crippen molar-refractivity contribution < 1.29 is 23.9 Å². The van der Waals surface area contributed by atoms with Gasteiger partial charge in [0.05, 0.1) is 13.0 Å². The van der Waals surface area contributed by atoms with Crippen molar-refractivity contribution in [3.63, 3.8) is 0 Å². The summed E-state index contributed by atoms with van der Waals surface area (Å²) in [7, 11) is 0. The highest BCUT2D eigenvalue weighted by atomic mass is 16.5. The number of carbonyl (C=O) groups excluding carboxylic acids is 3. The van der Waals surface area contributed by atoms with Crippen LogP contribution in [0.5, 0.6) is 5.75 Å². The Morgan fingerprint density at radius 3 is 2.58 bits per heavy atom. The number of aryl methyl sites for hydroxylation is 2. The van der Waals surface area contributed by atoms with Gasteiger partial charge in [0.2, 0.25) is 5.91 Å². The molecule has 26 heavy (non-hydrogen) atoms. The van der Waals surface area contributed by atoms with Gasteiger partial charge in [-0.3, -0.25) is 14.4 Å². The molecule has 0 unspecified atom stereocenters. The summed E-state index contributed by atoms with van der Waals surface area (Å²) in [5.74, 6) is -0.513. The van der Waals surface area contributed by atoms with Gasteiger partial charge in [-0.25, -0.2) is 0 Å². The lowest BCUT2D eigenvalue weighted by atomic mass is 10.1. The first-order valence-corrected chi connectivity index (χ1v) is 8.81. The molecule has 1 saturated heterocycles. The quantitative estimate of drug-likeness (QED) is 0.772. The maximum atomic E-state index is 12.9. The molecule has 0 aromatic heterocycles. The number of esters is 1. The largest absolute Gasteiger partial charge is 0.480 e. The Labute approximate surface area is 153 Å². The van der Waals surface area contributed by atoms with Gasteiger partial charge in [-0.15, -0.1) is 0 Å². The van der Waals surface area contributed by atoms with E-state index in [1.807, 2.05) is 32.0 Å². The number of piperazine rings is 1. The van der Waals surface area contributed by atoms with Gasteiger partial charge < -0.3 is 19.7 Å². The highest BCUT2D eigenvalue weighted by Crippen LogP contribution is 2.24. The average Bonchev–Trinajstić information content (AvgIpc) is 2.59. The Bertz CT molecular complexity index is 668. The average molecular weight is 362 g/mol. The van der Waals surface area contributed by atoms with E-state index in [2.05, 4.69) is 5.32 Å².